The van der Waals surface area contributed by atoms with Crippen molar-refractivity contribution in [2.75, 3.05) is 18.4 Å². The summed E-state index contributed by atoms with van der Waals surface area (Å²) in [6.45, 7) is 1.22. The van der Waals surface area contributed by atoms with E-state index in [2.05, 4.69) is 27.6 Å². The van der Waals surface area contributed by atoms with Crippen LogP contribution in [0.15, 0.2) is 29.8 Å². The van der Waals surface area contributed by atoms with Crippen LogP contribution in [0, 0.1) is 5.92 Å². The summed E-state index contributed by atoms with van der Waals surface area (Å²) < 4.78 is 0. The molecule has 0 unspecified atom stereocenters. The molecular formula is C21H26N4O2S. The average Bonchev–Trinajstić information content (AvgIpc) is 3.27. The fourth-order valence-electron chi connectivity index (χ4n) is 4.30. The van der Waals surface area contributed by atoms with Crippen LogP contribution < -0.4 is 5.32 Å². The summed E-state index contributed by atoms with van der Waals surface area (Å²) in [7, 11) is 0. The third kappa shape index (κ3) is 4.41. The molecule has 7 heteroatoms. The lowest BCUT2D eigenvalue weighted by atomic mass is 9.84. The predicted molar refractivity (Wildman–Crippen MR) is 109 cm³/mol. The van der Waals surface area contributed by atoms with E-state index in [1.807, 2.05) is 17.0 Å². The molecular weight excluding hydrogens is 372 g/mol. The van der Waals surface area contributed by atoms with Crippen LogP contribution in [-0.4, -0.2) is 40.0 Å². The van der Waals surface area contributed by atoms with Crippen molar-refractivity contribution in [1.29, 1.82) is 0 Å². The number of nitrogens with zero attached hydrogens (tertiary/aromatic N) is 3. The summed E-state index contributed by atoms with van der Waals surface area (Å²) in [5.74, 6) is 0.612. The second-order valence-electron chi connectivity index (χ2n) is 7.76. The lowest BCUT2D eigenvalue weighted by Gasteiger charge is -2.31. The number of hydrogen-bond acceptors (Lipinski definition) is 5. The van der Waals surface area contributed by atoms with Gasteiger partial charge < -0.3 is 10.2 Å². The van der Waals surface area contributed by atoms with Gasteiger partial charge in [-0.15, -0.1) is 10.2 Å². The molecule has 0 bridgehead atoms. The Morgan fingerprint density at radius 3 is 2.36 bits per heavy atom. The summed E-state index contributed by atoms with van der Waals surface area (Å²) in [5.41, 5.74) is 3.70. The Bertz CT molecular complexity index is 792. The maximum atomic E-state index is 12.8. The van der Waals surface area contributed by atoms with E-state index in [0.717, 1.165) is 5.56 Å². The summed E-state index contributed by atoms with van der Waals surface area (Å²) in [5, 5.41) is 10.9. The van der Waals surface area contributed by atoms with Gasteiger partial charge in [-0.2, -0.15) is 0 Å². The number of rotatable bonds is 4. The lowest BCUT2D eigenvalue weighted by molar-refractivity contribution is -0.121. The highest BCUT2D eigenvalue weighted by molar-refractivity contribution is 7.13. The number of carbonyl (C=O) groups is 2. The summed E-state index contributed by atoms with van der Waals surface area (Å²) >= 11 is 1.31. The number of amides is 2. The number of benzene rings is 1. The van der Waals surface area contributed by atoms with Crippen LogP contribution in [0.4, 0.5) is 5.13 Å². The summed E-state index contributed by atoms with van der Waals surface area (Å²) in [4.78, 5) is 27.0. The Morgan fingerprint density at radius 2 is 1.71 bits per heavy atom. The molecule has 1 aromatic heterocycles. The molecule has 2 aliphatic rings. The van der Waals surface area contributed by atoms with E-state index in [4.69, 9.17) is 0 Å². The highest BCUT2D eigenvalue weighted by atomic mass is 32.1. The van der Waals surface area contributed by atoms with E-state index < -0.39 is 0 Å². The number of likely N-dealkylation sites (tertiary alicyclic amines) is 1. The molecule has 28 heavy (non-hydrogen) atoms. The standard InChI is InChI=1S/C21H26N4O2S/c26-19(23-21-24-22-14-28-21)17-10-12-25(13-11-17)20(27)18-8-6-16(7-9-18)15-4-2-1-3-5-15/h6-9,14-15,17H,1-5,10-13H2,(H,23,24,26). The van der Waals surface area contributed by atoms with Crippen LogP contribution in [0.5, 0.6) is 0 Å². The molecule has 0 spiro atoms. The number of piperidine rings is 1. The Balaban J connectivity index is 1.30. The van der Waals surface area contributed by atoms with Gasteiger partial charge in [-0.25, -0.2) is 0 Å². The molecule has 1 aliphatic heterocycles. The van der Waals surface area contributed by atoms with Crippen molar-refractivity contribution in [2.45, 2.75) is 50.9 Å². The van der Waals surface area contributed by atoms with Crippen molar-refractivity contribution >= 4 is 28.3 Å². The second kappa shape index (κ2) is 8.82. The third-order valence-corrected chi connectivity index (χ3v) is 6.58. The first-order valence-corrected chi connectivity index (χ1v) is 11.0. The molecule has 1 saturated carbocycles. The van der Waals surface area contributed by atoms with Crippen molar-refractivity contribution in [1.82, 2.24) is 15.1 Å². The van der Waals surface area contributed by atoms with Gasteiger partial charge in [-0.1, -0.05) is 42.7 Å². The van der Waals surface area contributed by atoms with E-state index >= 15 is 0 Å². The second-order valence-corrected chi connectivity index (χ2v) is 8.59. The van der Waals surface area contributed by atoms with Gasteiger partial charge in [0.1, 0.15) is 5.51 Å². The number of aromatic nitrogens is 2. The quantitative estimate of drug-likeness (QED) is 0.842. The monoisotopic (exact) mass is 398 g/mol. The summed E-state index contributed by atoms with van der Waals surface area (Å²) in [6.07, 6.45) is 7.86. The number of hydrogen-bond donors (Lipinski definition) is 1. The van der Waals surface area contributed by atoms with Gasteiger partial charge in [0, 0.05) is 24.6 Å². The highest BCUT2D eigenvalue weighted by Crippen LogP contribution is 2.32. The Kier molecular flexibility index (Phi) is 6.00. The zero-order valence-electron chi connectivity index (χ0n) is 16.0. The van der Waals surface area contributed by atoms with Crippen molar-refractivity contribution in [3.63, 3.8) is 0 Å². The van der Waals surface area contributed by atoms with Gasteiger partial charge in [-0.05, 0) is 49.3 Å². The van der Waals surface area contributed by atoms with Gasteiger partial charge in [0.05, 0.1) is 0 Å². The predicted octanol–water partition coefficient (Wildman–Crippen LogP) is 4.08. The van der Waals surface area contributed by atoms with Crippen molar-refractivity contribution in [2.24, 2.45) is 5.92 Å². The molecule has 6 nitrogen and oxygen atoms in total. The molecule has 148 valence electrons. The first kappa shape index (κ1) is 19.1. The molecule has 0 radical (unpaired) electrons. The van der Waals surface area contributed by atoms with Crippen LogP contribution in [0.1, 0.15) is 66.8 Å². The zero-order valence-corrected chi connectivity index (χ0v) is 16.8. The highest BCUT2D eigenvalue weighted by Gasteiger charge is 2.28. The fraction of sp³-hybridized carbons (Fsp3) is 0.524. The molecule has 2 aromatic rings. The largest absolute Gasteiger partial charge is 0.339 e. The van der Waals surface area contributed by atoms with Gasteiger partial charge in [0.25, 0.3) is 5.91 Å². The molecule has 1 aliphatic carbocycles. The number of carbonyl (C=O) groups excluding carboxylic acids is 2. The smallest absolute Gasteiger partial charge is 0.253 e. The molecule has 1 N–H and O–H groups in total. The van der Waals surface area contributed by atoms with Crippen LogP contribution in [0.3, 0.4) is 0 Å². The first-order valence-electron chi connectivity index (χ1n) is 10.2. The Hall–Kier alpha value is -2.28. The average molecular weight is 399 g/mol. The van der Waals surface area contributed by atoms with Crippen molar-refractivity contribution in [3.05, 3.63) is 40.9 Å². The molecule has 2 fully saturated rings. The Morgan fingerprint density at radius 1 is 1.00 bits per heavy atom. The van der Waals surface area contributed by atoms with Gasteiger partial charge in [0.15, 0.2) is 0 Å². The minimum Gasteiger partial charge on any atom is -0.339 e. The SMILES string of the molecule is O=C(Nc1nncs1)C1CCN(C(=O)c2ccc(C3CCCCC3)cc2)CC1. The van der Waals surface area contributed by atoms with Gasteiger partial charge in [-0.3, -0.25) is 9.59 Å². The topological polar surface area (TPSA) is 75.2 Å². The third-order valence-electron chi connectivity index (χ3n) is 5.98. The van der Waals surface area contributed by atoms with Gasteiger partial charge >= 0.3 is 0 Å². The molecule has 2 heterocycles. The Labute approximate surface area is 169 Å². The normalized spacial score (nSPS) is 18.8. The van der Waals surface area contributed by atoms with Gasteiger partial charge in [0.2, 0.25) is 11.0 Å². The molecule has 2 amide bonds. The van der Waals surface area contributed by atoms with Crippen LogP contribution in [-0.2, 0) is 4.79 Å². The minimum atomic E-state index is -0.0818. The molecule has 4 rings (SSSR count). The minimum absolute atomic E-state index is 0.0271. The van der Waals surface area contributed by atoms with Crippen LogP contribution >= 0.6 is 11.3 Å². The van der Waals surface area contributed by atoms with Crippen molar-refractivity contribution in [3.8, 4) is 0 Å². The number of nitrogens with one attached hydrogen (secondary N) is 1. The van der Waals surface area contributed by atoms with E-state index in [1.54, 1.807) is 5.51 Å². The lowest BCUT2D eigenvalue weighted by Crippen LogP contribution is -2.41. The zero-order chi connectivity index (χ0) is 19.3. The van der Waals surface area contributed by atoms with E-state index in [-0.39, 0.29) is 17.7 Å². The first-order chi connectivity index (χ1) is 13.7. The maximum absolute atomic E-state index is 12.8. The molecule has 1 aromatic carbocycles. The maximum Gasteiger partial charge on any atom is 0.253 e. The molecule has 0 atom stereocenters. The number of anilines is 1. The summed E-state index contributed by atoms with van der Waals surface area (Å²) in [6, 6.07) is 8.21. The van der Waals surface area contributed by atoms with E-state index in [0.29, 0.717) is 37.0 Å². The van der Waals surface area contributed by atoms with Crippen molar-refractivity contribution < 1.29 is 9.59 Å². The van der Waals surface area contributed by atoms with Crippen LogP contribution in [0.2, 0.25) is 0 Å². The van der Waals surface area contributed by atoms with Crippen LogP contribution in [0.25, 0.3) is 0 Å². The fourth-order valence-corrected chi connectivity index (χ4v) is 4.74. The van der Waals surface area contributed by atoms with E-state index in [9.17, 15) is 9.59 Å². The van der Waals surface area contributed by atoms with E-state index in [1.165, 1.54) is 49.0 Å². The molecule has 1 saturated heterocycles.